The lowest BCUT2D eigenvalue weighted by atomic mass is 10.0. The summed E-state index contributed by atoms with van der Waals surface area (Å²) in [7, 11) is -0.616. The summed E-state index contributed by atoms with van der Waals surface area (Å²) >= 11 is 0. The molecule has 0 radical (unpaired) electrons. The molecule has 0 fully saturated rings. The summed E-state index contributed by atoms with van der Waals surface area (Å²) in [4.78, 5) is 0.269. The van der Waals surface area contributed by atoms with Crippen LogP contribution in [-0.2, 0) is 32.5 Å². The molecular formula is C13H20N2O4S. The van der Waals surface area contributed by atoms with Crippen LogP contribution in [0.15, 0.2) is 23.1 Å². The maximum atomic E-state index is 12.2. The molecule has 0 spiro atoms. The van der Waals surface area contributed by atoms with Gasteiger partial charge in [-0.05, 0) is 36.2 Å². The quantitative estimate of drug-likeness (QED) is 0.736. The van der Waals surface area contributed by atoms with Crippen LogP contribution in [0.2, 0.25) is 0 Å². The zero-order valence-corrected chi connectivity index (χ0v) is 12.5. The van der Waals surface area contributed by atoms with E-state index in [1.165, 1.54) is 19.8 Å². The third kappa shape index (κ3) is 3.56. The summed E-state index contributed by atoms with van der Waals surface area (Å²) in [6, 6.07) is 5.24. The predicted octanol–water partition coefficient (Wildman–Crippen LogP) is 0.230. The van der Waals surface area contributed by atoms with E-state index in [0.29, 0.717) is 6.54 Å². The van der Waals surface area contributed by atoms with Crippen molar-refractivity contribution < 1.29 is 17.9 Å². The summed E-state index contributed by atoms with van der Waals surface area (Å²) < 4.78 is 36.8. The third-order valence-corrected chi connectivity index (χ3v) is 4.76. The molecule has 0 aliphatic carbocycles. The second-order valence-corrected chi connectivity index (χ2v) is 6.38. The van der Waals surface area contributed by atoms with Gasteiger partial charge in [-0.1, -0.05) is 6.07 Å². The number of rotatable bonds is 6. The maximum Gasteiger partial charge on any atom is 0.240 e. The minimum absolute atomic E-state index is 0.0741. The molecule has 1 aliphatic heterocycles. The summed E-state index contributed by atoms with van der Waals surface area (Å²) in [5, 5.41) is 3.23. The van der Waals surface area contributed by atoms with Crippen LogP contribution in [0.1, 0.15) is 11.1 Å². The van der Waals surface area contributed by atoms with E-state index in [-0.39, 0.29) is 11.4 Å². The number of fused-ring (bicyclic) bond motifs is 1. The van der Waals surface area contributed by atoms with Crippen LogP contribution in [-0.4, -0.2) is 42.0 Å². The van der Waals surface area contributed by atoms with Gasteiger partial charge in [0.05, 0.1) is 11.4 Å². The second-order valence-electron chi connectivity index (χ2n) is 4.61. The van der Waals surface area contributed by atoms with Crippen molar-refractivity contribution in [1.82, 2.24) is 10.0 Å². The summed E-state index contributed by atoms with van der Waals surface area (Å²) in [5.74, 6) is 0. The number of hydrogen-bond donors (Lipinski definition) is 2. The molecule has 0 saturated heterocycles. The van der Waals surface area contributed by atoms with E-state index in [2.05, 4.69) is 10.0 Å². The number of sulfonamides is 1. The Morgan fingerprint density at radius 3 is 2.75 bits per heavy atom. The standard InChI is InChI=1S/C13H20N2O4S/c1-18-13(19-2)9-15-20(16,17)12-4-3-10-5-6-14-8-11(10)7-12/h3-4,7,13-15H,5-6,8-9H2,1-2H3. The first kappa shape index (κ1) is 15.4. The number of benzene rings is 1. The zero-order valence-electron chi connectivity index (χ0n) is 11.7. The molecule has 1 aliphatic rings. The SMILES string of the molecule is COC(CNS(=O)(=O)c1ccc2c(c1)CNCC2)OC. The smallest absolute Gasteiger partial charge is 0.240 e. The van der Waals surface area contributed by atoms with E-state index in [1.807, 2.05) is 6.07 Å². The van der Waals surface area contributed by atoms with Crippen molar-refractivity contribution in [3.8, 4) is 0 Å². The van der Waals surface area contributed by atoms with E-state index in [0.717, 1.165) is 18.5 Å². The molecule has 6 nitrogen and oxygen atoms in total. The molecular weight excluding hydrogens is 280 g/mol. The molecule has 112 valence electrons. The lowest BCUT2D eigenvalue weighted by Crippen LogP contribution is -2.34. The highest BCUT2D eigenvalue weighted by Gasteiger charge is 2.19. The zero-order chi connectivity index (χ0) is 14.6. The van der Waals surface area contributed by atoms with E-state index >= 15 is 0 Å². The molecule has 0 atom stereocenters. The van der Waals surface area contributed by atoms with Crippen molar-refractivity contribution in [2.75, 3.05) is 27.3 Å². The summed E-state index contributed by atoms with van der Waals surface area (Å²) in [5.41, 5.74) is 2.24. The van der Waals surface area contributed by atoms with Crippen molar-refractivity contribution >= 4 is 10.0 Å². The van der Waals surface area contributed by atoms with Crippen molar-refractivity contribution in [2.24, 2.45) is 0 Å². The Kier molecular flexibility index (Phi) is 5.11. The molecule has 1 aromatic carbocycles. The monoisotopic (exact) mass is 300 g/mol. The first-order chi connectivity index (χ1) is 9.56. The average molecular weight is 300 g/mol. The van der Waals surface area contributed by atoms with Crippen LogP contribution in [0.5, 0.6) is 0 Å². The fourth-order valence-corrected chi connectivity index (χ4v) is 3.21. The van der Waals surface area contributed by atoms with Gasteiger partial charge in [0, 0.05) is 20.8 Å². The second kappa shape index (κ2) is 6.64. The van der Waals surface area contributed by atoms with Crippen LogP contribution < -0.4 is 10.0 Å². The highest BCUT2D eigenvalue weighted by atomic mass is 32.2. The largest absolute Gasteiger partial charge is 0.355 e. The Morgan fingerprint density at radius 1 is 1.30 bits per heavy atom. The van der Waals surface area contributed by atoms with E-state index in [9.17, 15) is 8.42 Å². The summed E-state index contributed by atoms with van der Waals surface area (Å²) in [6.45, 7) is 1.71. The molecule has 2 rings (SSSR count). The van der Waals surface area contributed by atoms with Gasteiger partial charge < -0.3 is 14.8 Å². The van der Waals surface area contributed by atoms with Gasteiger partial charge in [-0.3, -0.25) is 0 Å². The molecule has 1 heterocycles. The van der Waals surface area contributed by atoms with Gasteiger partial charge in [-0.25, -0.2) is 13.1 Å². The minimum atomic E-state index is -3.55. The minimum Gasteiger partial charge on any atom is -0.355 e. The van der Waals surface area contributed by atoms with E-state index in [1.54, 1.807) is 12.1 Å². The lowest BCUT2D eigenvalue weighted by Gasteiger charge is -2.18. The molecule has 20 heavy (non-hydrogen) atoms. The molecule has 0 aromatic heterocycles. The normalized spacial score (nSPS) is 15.3. The first-order valence-electron chi connectivity index (χ1n) is 6.44. The average Bonchev–Trinajstić information content (AvgIpc) is 2.47. The van der Waals surface area contributed by atoms with Crippen molar-refractivity contribution in [2.45, 2.75) is 24.2 Å². The van der Waals surface area contributed by atoms with Gasteiger partial charge >= 0.3 is 0 Å². The lowest BCUT2D eigenvalue weighted by molar-refractivity contribution is -0.0960. The van der Waals surface area contributed by atoms with Crippen LogP contribution in [0.25, 0.3) is 0 Å². The molecule has 0 saturated carbocycles. The predicted molar refractivity (Wildman–Crippen MR) is 74.8 cm³/mol. The number of hydrogen-bond acceptors (Lipinski definition) is 5. The summed E-state index contributed by atoms with van der Waals surface area (Å²) in [6.07, 6.45) is 0.336. The fourth-order valence-electron chi connectivity index (χ4n) is 2.15. The topological polar surface area (TPSA) is 76.7 Å². The van der Waals surface area contributed by atoms with Gasteiger partial charge in [0.2, 0.25) is 10.0 Å². The van der Waals surface area contributed by atoms with Crippen LogP contribution in [0.3, 0.4) is 0 Å². The van der Waals surface area contributed by atoms with Crippen molar-refractivity contribution in [3.63, 3.8) is 0 Å². The highest BCUT2D eigenvalue weighted by Crippen LogP contribution is 2.18. The first-order valence-corrected chi connectivity index (χ1v) is 7.93. The van der Waals surface area contributed by atoms with Crippen LogP contribution >= 0.6 is 0 Å². The van der Waals surface area contributed by atoms with Crippen LogP contribution in [0.4, 0.5) is 0 Å². The van der Waals surface area contributed by atoms with Gasteiger partial charge in [0.1, 0.15) is 0 Å². The van der Waals surface area contributed by atoms with Gasteiger partial charge in [-0.2, -0.15) is 0 Å². The Morgan fingerprint density at radius 2 is 2.05 bits per heavy atom. The molecule has 0 amide bonds. The van der Waals surface area contributed by atoms with Crippen molar-refractivity contribution in [3.05, 3.63) is 29.3 Å². The fraction of sp³-hybridized carbons (Fsp3) is 0.538. The maximum absolute atomic E-state index is 12.2. The number of nitrogens with one attached hydrogen (secondary N) is 2. The molecule has 1 aromatic rings. The van der Waals surface area contributed by atoms with E-state index < -0.39 is 16.3 Å². The Balaban J connectivity index is 2.13. The highest BCUT2D eigenvalue weighted by molar-refractivity contribution is 7.89. The Bertz CT molecular complexity index is 555. The van der Waals surface area contributed by atoms with Crippen LogP contribution in [0, 0.1) is 0 Å². The molecule has 7 heteroatoms. The Labute approximate surface area is 119 Å². The molecule has 2 N–H and O–H groups in total. The van der Waals surface area contributed by atoms with Gasteiger partial charge in [-0.15, -0.1) is 0 Å². The van der Waals surface area contributed by atoms with E-state index in [4.69, 9.17) is 9.47 Å². The third-order valence-electron chi connectivity index (χ3n) is 3.34. The van der Waals surface area contributed by atoms with Gasteiger partial charge in [0.25, 0.3) is 0 Å². The van der Waals surface area contributed by atoms with Gasteiger partial charge in [0.15, 0.2) is 6.29 Å². The van der Waals surface area contributed by atoms with Crippen molar-refractivity contribution in [1.29, 1.82) is 0 Å². The number of methoxy groups -OCH3 is 2. The molecule has 0 unspecified atom stereocenters. The number of ether oxygens (including phenoxy) is 2. The Hall–Kier alpha value is -0.990. The molecule has 0 bridgehead atoms.